The van der Waals surface area contributed by atoms with Crippen molar-refractivity contribution in [2.75, 3.05) is 19.5 Å². The number of rotatable bonds is 6. The Labute approximate surface area is 157 Å². The Kier molecular flexibility index (Phi) is 6.42. The highest BCUT2D eigenvalue weighted by Gasteiger charge is 2.17. The fourth-order valence-electron chi connectivity index (χ4n) is 2.23. The molecule has 0 saturated carbocycles. The van der Waals surface area contributed by atoms with E-state index >= 15 is 0 Å². The molecule has 1 amide bonds. The number of methoxy groups -OCH3 is 1. The summed E-state index contributed by atoms with van der Waals surface area (Å²) in [7, 11) is -0.973. The molecule has 2 aromatic carbocycles. The van der Waals surface area contributed by atoms with Gasteiger partial charge in [-0.3, -0.25) is 4.79 Å². The zero-order valence-electron chi connectivity index (χ0n) is 14.5. The van der Waals surface area contributed by atoms with Crippen LogP contribution in [-0.2, 0) is 14.8 Å². The summed E-state index contributed by atoms with van der Waals surface area (Å²) < 4.78 is 31.5. The maximum atomic E-state index is 12.1. The lowest BCUT2D eigenvalue weighted by molar-refractivity contribution is -0.111. The first-order valence-electron chi connectivity index (χ1n) is 7.63. The molecule has 0 aliphatic carbocycles. The summed E-state index contributed by atoms with van der Waals surface area (Å²) in [6.45, 7) is 1.84. The molecular weight excluding hydrogens is 376 g/mol. The SMILES string of the molecule is CNS(=O)(=O)c1cc(/C=C/C(=O)Nc2ccc(Cl)cc2C)ccc1OC. The van der Waals surface area contributed by atoms with Crippen molar-refractivity contribution in [1.82, 2.24) is 4.72 Å². The van der Waals surface area contributed by atoms with Gasteiger partial charge in [0.25, 0.3) is 0 Å². The van der Waals surface area contributed by atoms with E-state index in [1.807, 2.05) is 6.92 Å². The monoisotopic (exact) mass is 394 g/mol. The van der Waals surface area contributed by atoms with Gasteiger partial charge in [-0.2, -0.15) is 0 Å². The third-order valence-electron chi connectivity index (χ3n) is 3.62. The number of sulfonamides is 1. The van der Waals surface area contributed by atoms with Gasteiger partial charge >= 0.3 is 0 Å². The minimum absolute atomic E-state index is 0.00129. The molecule has 0 aliphatic rings. The van der Waals surface area contributed by atoms with Crippen LogP contribution in [0.2, 0.25) is 5.02 Å². The highest BCUT2D eigenvalue weighted by atomic mass is 35.5. The normalized spacial score (nSPS) is 11.5. The lowest BCUT2D eigenvalue weighted by atomic mass is 10.2. The molecule has 2 N–H and O–H groups in total. The average molecular weight is 395 g/mol. The highest BCUT2D eigenvalue weighted by Crippen LogP contribution is 2.25. The number of carbonyl (C=O) groups excluding carboxylic acids is 1. The first-order chi connectivity index (χ1) is 12.3. The third-order valence-corrected chi connectivity index (χ3v) is 5.29. The second-order valence-electron chi connectivity index (χ2n) is 5.40. The molecule has 2 rings (SSSR count). The Hall–Kier alpha value is -2.35. The summed E-state index contributed by atoms with van der Waals surface area (Å²) >= 11 is 5.89. The Morgan fingerprint density at radius 2 is 1.92 bits per heavy atom. The summed E-state index contributed by atoms with van der Waals surface area (Å²) in [5.74, 6) is -0.123. The van der Waals surface area contributed by atoms with Gasteiger partial charge in [0.15, 0.2) is 0 Å². The molecule has 8 heteroatoms. The van der Waals surface area contributed by atoms with Crippen LogP contribution in [0.25, 0.3) is 6.08 Å². The van der Waals surface area contributed by atoms with Crippen LogP contribution in [0.3, 0.4) is 0 Å². The predicted octanol–water partition coefficient (Wildman–Crippen LogP) is 3.22. The Bertz CT molecular complexity index is 956. The lowest BCUT2D eigenvalue weighted by Crippen LogP contribution is -2.19. The van der Waals surface area contributed by atoms with E-state index in [4.69, 9.17) is 16.3 Å². The quantitative estimate of drug-likeness (QED) is 0.737. The molecule has 0 aliphatic heterocycles. The van der Waals surface area contributed by atoms with E-state index < -0.39 is 10.0 Å². The van der Waals surface area contributed by atoms with E-state index in [1.165, 1.54) is 38.4 Å². The van der Waals surface area contributed by atoms with Gasteiger partial charge in [-0.05, 0) is 61.5 Å². The molecule has 0 radical (unpaired) electrons. The van der Waals surface area contributed by atoms with Gasteiger partial charge in [-0.25, -0.2) is 13.1 Å². The number of hydrogen-bond donors (Lipinski definition) is 2. The second kappa shape index (κ2) is 8.35. The van der Waals surface area contributed by atoms with Crippen LogP contribution in [0, 0.1) is 6.92 Å². The molecule has 0 unspecified atom stereocenters. The molecule has 0 saturated heterocycles. The average Bonchev–Trinajstić information content (AvgIpc) is 2.62. The van der Waals surface area contributed by atoms with Crippen LogP contribution in [0.4, 0.5) is 5.69 Å². The van der Waals surface area contributed by atoms with E-state index in [9.17, 15) is 13.2 Å². The number of nitrogens with one attached hydrogen (secondary N) is 2. The van der Waals surface area contributed by atoms with Gasteiger partial charge in [-0.1, -0.05) is 17.7 Å². The number of halogens is 1. The smallest absolute Gasteiger partial charge is 0.248 e. The molecule has 0 fully saturated rings. The summed E-state index contributed by atoms with van der Waals surface area (Å²) in [5, 5.41) is 3.34. The topological polar surface area (TPSA) is 84.5 Å². The van der Waals surface area contributed by atoms with Crippen molar-refractivity contribution in [2.24, 2.45) is 0 Å². The van der Waals surface area contributed by atoms with Crippen LogP contribution >= 0.6 is 11.6 Å². The number of benzene rings is 2. The molecular formula is C18H19ClN2O4S. The van der Waals surface area contributed by atoms with Crippen LogP contribution < -0.4 is 14.8 Å². The van der Waals surface area contributed by atoms with E-state index in [-0.39, 0.29) is 16.6 Å². The van der Waals surface area contributed by atoms with Gasteiger partial charge in [0.05, 0.1) is 7.11 Å². The third kappa shape index (κ3) is 4.85. The molecule has 6 nitrogen and oxygen atoms in total. The largest absolute Gasteiger partial charge is 0.495 e. The number of carbonyl (C=O) groups is 1. The first-order valence-corrected chi connectivity index (χ1v) is 9.49. The Morgan fingerprint density at radius 1 is 1.19 bits per heavy atom. The lowest BCUT2D eigenvalue weighted by Gasteiger charge is -2.09. The molecule has 0 aromatic heterocycles. The fraction of sp³-hybridized carbons (Fsp3) is 0.167. The second-order valence-corrected chi connectivity index (χ2v) is 7.69. The molecule has 138 valence electrons. The molecule has 0 atom stereocenters. The van der Waals surface area contributed by atoms with Crippen molar-refractivity contribution < 1.29 is 17.9 Å². The van der Waals surface area contributed by atoms with Gasteiger partial charge < -0.3 is 10.1 Å². The minimum atomic E-state index is -3.68. The summed E-state index contributed by atoms with van der Waals surface area (Å²) in [6, 6.07) is 9.78. The maximum absolute atomic E-state index is 12.1. The van der Waals surface area contributed by atoms with Crippen LogP contribution in [-0.4, -0.2) is 28.5 Å². The first kappa shape index (κ1) is 20.0. The predicted molar refractivity (Wildman–Crippen MR) is 103 cm³/mol. The maximum Gasteiger partial charge on any atom is 0.248 e. The fourth-order valence-corrected chi connectivity index (χ4v) is 3.38. The standard InChI is InChI=1S/C18H19ClN2O4S/c1-12-10-14(19)6-7-15(12)21-18(22)9-5-13-4-8-16(25-3)17(11-13)26(23,24)20-2/h4-11,20H,1-3H3,(H,21,22)/b9-5+. The van der Waals surface area contributed by atoms with Crippen molar-refractivity contribution >= 4 is 39.3 Å². The number of anilines is 1. The van der Waals surface area contributed by atoms with Crippen molar-refractivity contribution in [3.63, 3.8) is 0 Å². The van der Waals surface area contributed by atoms with Crippen LogP contribution in [0.5, 0.6) is 5.75 Å². The van der Waals surface area contributed by atoms with E-state index in [0.717, 1.165) is 5.56 Å². The summed E-state index contributed by atoms with van der Waals surface area (Å²) in [4.78, 5) is 12.1. The molecule has 0 spiro atoms. The Morgan fingerprint density at radius 3 is 2.54 bits per heavy atom. The van der Waals surface area contributed by atoms with Gasteiger partial charge in [0.2, 0.25) is 15.9 Å². The van der Waals surface area contributed by atoms with Gasteiger partial charge in [0, 0.05) is 16.8 Å². The number of amides is 1. The van der Waals surface area contributed by atoms with Crippen molar-refractivity contribution in [2.45, 2.75) is 11.8 Å². The number of hydrogen-bond acceptors (Lipinski definition) is 4. The van der Waals surface area contributed by atoms with Crippen LogP contribution in [0.15, 0.2) is 47.4 Å². The van der Waals surface area contributed by atoms with Crippen molar-refractivity contribution in [3.05, 3.63) is 58.6 Å². The molecule has 2 aromatic rings. The summed E-state index contributed by atoms with van der Waals surface area (Å²) in [6.07, 6.45) is 2.85. The van der Waals surface area contributed by atoms with Crippen molar-refractivity contribution in [3.8, 4) is 5.75 Å². The van der Waals surface area contributed by atoms with E-state index in [1.54, 1.807) is 24.3 Å². The Balaban J connectivity index is 2.22. The molecule has 26 heavy (non-hydrogen) atoms. The zero-order chi connectivity index (χ0) is 19.3. The van der Waals surface area contributed by atoms with Crippen molar-refractivity contribution in [1.29, 1.82) is 0 Å². The van der Waals surface area contributed by atoms with E-state index in [2.05, 4.69) is 10.0 Å². The zero-order valence-corrected chi connectivity index (χ0v) is 16.1. The molecule has 0 bridgehead atoms. The minimum Gasteiger partial charge on any atom is -0.495 e. The highest BCUT2D eigenvalue weighted by molar-refractivity contribution is 7.89. The van der Waals surface area contributed by atoms with Crippen LogP contribution in [0.1, 0.15) is 11.1 Å². The number of aryl methyl sites for hydroxylation is 1. The molecule has 0 heterocycles. The summed E-state index contributed by atoms with van der Waals surface area (Å²) in [5.41, 5.74) is 2.03. The van der Waals surface area contributed by atoms with Gasteiger partial charge in [0.1, 0.15) is 10.6 Å². The van der Waals surface area contributed by atoms with E-state index in [0.29, 0.717) is 16.3 Å². The van der Waals surface area contributed by atoms with Gasteiger partial charge in [-0.15, -0.1) is 0 Å². The number of ether oxygens (including phenoxy) is 1.